The van der Waals surface area contributed by atoms with Gasteiger partial charge in [-0.3, -0.25) is 9.59 Å². The van der Waals surface area contributed by atoms with Crippen molar-refractivity contribution in [3.63, 3.8) is 0 Å². The van der Waals surface area contributed by atoms with Crippen LogP contribution in [-0.2, 0) is 9.59 Å². The predicted molar refractivity (Wildman–Crippen MR) is 48.8 cm³/mol. The number of aliphatic carboxylic acids is 2. The smallest absolute Gasteiger partial charge is 0.316 e. The van der Waals surface area contributed by atoms with Crippen LogP contribution in [0.1, 0.15) is 6.42 Å². The monoisotopic (exact) mass is 211 g/mol. The van der Waals surface area contributed by atoms with Gasteiger partial charge in [0.2, 0.25) is 0 Å². The third kappa shape index (κ3) is 14.1. The summed E-state index contributed by atoms with van der Waals surface area (Å²) in [6.07, 6.45) is -0.446. The molecule has 0 radical (unpaired) electrons. The van der Waals surface area contributed by atoms with Gasteiger partial charge in [-0.1, -0.05) is 0 Å². The quantitative estimate of drug-likeness (QED) is 0.372. The van der Waals surface area contributed by atoms with Gasteiger partial charge in [-0.05, 0) is 0 Å². The van der Waals surface area contributed by atoms with Gasteiger partial charge in [0.15, 0.2) is 0 Å². The van der Waals surface area contributed by atoms with Crippen molar-refractivity contribution < 1.29 is 24.9 Å². The minimum atomic E-state index is -1.21. The summed E-state index contributed by atoms with van der Waals surface area (Å²) in [5, 5.41) is 22.8. The standard InChI is InChI=1S/C4H6O4S.C2H7NO/c5-3(6)1-2(9)4(7)8;3-1-2-4/h2,9H,1H2,(H,5,6)(H,7,8);4H,1-3H2. The molecule has 0 saturated heterocycles. The Hall–Kier alpha value is -0.790. The molecule has 0 aliphatic carbocycles. The topological polar surface area (TPSA) is 121 Å². The summed E-state index contributed by atoms with van der Waals surface area (Å²) in [5.74, 6) is -2.36. The van der Waals surface area contributed by atoms with Crippen LogP contribution < -0.4 is 5.73 Å². The SMILES string of the molecule is NCCO.O=C(O)CC(S)C(=O)O. The fourth-order valence-corrected chi connectivity index (χ4v) is 0.409. The van der Waals surface area contributed by atoms with Gasteiger partial charge in [0, 0.05) is 6.54 Å². The minimum absolute atomic E-state index is 0.0972. The van der Waals surface area contributed by atoms with Crippen molar-refractivity contribution in [3.05, 3.63) is 0 Å². The molecule has 0 aromatic heterocycles. The molecule has 5 N–H and O–H groups in total. The number of nitrogens with two attached hydrogens (primary N) is 1. The molecule has 1 unspecified atom stereocenters. The Labute approximate surface area is 80.8 Å². The normalized spacial score (nSPS) is 11.0. The fraction of sp³-hybridized carbons (Fsp3) is 0.667. The highest BCUT2D eigenvalue weighted by atomic mass is 32.1. The average Bonchev–Trinajstić information content (AvgIpc) is 2.03. The van der Waals surface area contributed by atoms with Gasteiger partial charge in [0.05, 0.1) is 13.0 Å². The Kier molecular flexibility index (Phi) is 10.5. The summed E-state index contributed by atoms with van der Waals surface area (Å²) in [6.45, 7) is 0.472. The first-order valence-electron chi connectivity index (χ1n) is 3.39. The number of hydrogen-bond donors (Lipinski definition) is 5. The molecule has 13 heavy (non-hydrogen) atoms. The molecular weight excluding hydrogens is 198 g/mol. The molecule has 0 bridgehead atoms. The minimum Gasteiger partial charge on any atom is -0.481 e. The number of aliphatic hydroxyl groups is 1. The number of aliphatic hydroxyl groups excluding tert-OH is 1. The Morgan fingerprint density at radius 3 is 1.85 bits per heavy atom. The molecule has 0 saturated carbocycles. The van der Waals surface area contributed by atoms with Crippen LogP contribution in [0.3, 0.4) is 0 Å². The van der Waals surface area contributed by atoms with Crippen LogP contribution in [0.4, 0.5) is 0 Å². The van der Waals surface area contributed by atoms with Crippen LogP contribution in [0.2, 0.25) is 0 Å². The molecule has 0 aliphatic heterocycles. The average molecular weight is 211 g/mol. The van der Waals surface area contributed by atoms with Gasteiger partial charge in [-0.25, -0.2) is 0 Å². The molecule has 0 fully saturated rings. The van der Waals surface area contributed by atoms with Crippen molar-refractivity contribution in [1.29, 1.82) is 0 Å². The highest BCUT2D eigenvalue weighted by Gasteiger charge is 2.14. The van der Waals surface area contributed by atoms with Gasteiger partial charge in [0.25, 0.3) is 0 Å². The summed E-state index contributed by atoms with van der Waals surface area (Å²) < 4.78 is 0. The first-order valence-corrected chi connectivity index (χ1v) is 3.91. The van der Waals surface area contributed by atoms with E-state index in [-0.39, 0.29) is 6.61 Å². The number of hydrogen-bond acceptors (Lipinski definition) is 5. The third-order valence-electron chi connectivity index (χ3n) is 0.782. The van der Waals surface area contributed by atoms with Crippen molar-refractivity contribution in [2.75, 3.05) is 13.2 Å². The maximum absolute atomic E-state index is 9.90. The van der Waals surface area contributed by atoms with Gasteiger partial charge < -0.3 is 21.1 Å². The first kappa shape index (κ1) is 14.7. The molecule has 78 valence electrons. The van der Waals surface area contributed by atoms with Crippen molar-refractivity contribution in [1.82, 2.24) is 0 Å². The second kappa shape index (κ2) is 9.30. The Bertz CT molecular complexity index is 161. The zero-order chi connectivity index (χ0) is 10.9. The van der Waals surface area contributed by atoms with E-state index in [9.17, 15) is 9.59 Å². The lowest BCUT2D eigenvalue weighted by Gasteiger charge is -1.97. The van der Waals surface area contributed by atoms with E-state index in [1.165, 1.54) is 0 Å². The number of carbonyl (C=O) groups is 2. The van der Waals surface area contributed by atoms with Gasteiger partial charge >= 0.3 is 11.9 Å². The van der Waals surface area contributed by atoms with E-state index in [1.807, 2.05) is 0 Å². The summed E-state index contributed by atoms with van der Waals surface area (Å²) in [7, 11) is 0. The molecule has 0 aliphatic rings. The third-order valence-corrected chi connectivity index (χ3v) is 1.19. The Morgan fingerprint density at radius 2 is 1.77 bits per heavy atom. The molecule has 0 amide bonds. The van der Waals surface area contributed by atoms with Crippen LogP contribution in [0.15, 0.2) is 0 Å². The zero-order valence-electron chi connectivity index (χ0n) is 6.88. The number of thiol groups is 1. The molecule has 0 heterocycles. The van der Waals surface area contributed by atoms with Crippen LogP contribution >= 0.6 is 12.6 Å². The van der Waals surface area contributed by atoms with E-state index in [2.05, 4.69) is 12.6 Å². The van der Waals surface area contributed by atoms with Crippen LogP contribution in [0.5, 0.6) is 0 Å². The van der Waals surface area contributed by atoms with Crippen LogP contribution in [0.25, 0.3) is 0 Å². The first-order chi connectivity index (χ1) is 5.95. The van der Waals surface area contributed by atoms with Crippen LogP contribution in [-0.4, -0.2) is 45.7 Å². The van der Waals surface area contributed by atoms with Gasteiger partial charge in [-0.2, -0.15) is 12.6 Å². The molecule has 7 heteroatoms. The molecule has 0 rings (SSSR count). The lowest BCUT2D eigenvalue weighted by Crippen LogP contribution is -2.17. The molecule has 1 atom stereocenters. The Morgan fingerprint density at radius 1 is 1.38 bits per heavy atom. The fourth-order valence-electron chi connectivity index (χ4n) is 0.253. The maximum atomic E-state index is 9.90. The second-order valence-electron chi connectivity index (χ2n) is 1.96. The molecule has 0 spiro atoms. The summed E-state index contributed by atoms with van der Waals surface area (Å²) in [6, 6.07) is 0. The maximum Gasteiger partial charge on any atom is 0.316 e. The number of carboxylic acids is 2. The molecular formula is C6H13NO5S. The lowest BCUT2D eigenvalue weighted by molar-refractivity contribution is -0.142. The summed E-state index contributed by atoms with van der Waals surface area (Å²) in [4.78, 5) is 19.7. The van der Waals surface area contributed by atoms with E-state index >= 15 is 0 Å². The van der Waals surface area contributed by atoms with Crippen molar-refractivity contribution in [2.24, 2.45) is 5.73 Å². The van der Waals surface area contributed by atoms with Crippen molar-refractivity contribution in [2.45, 2.75) is 11.7 Å². The predicted octanol–water partition coefficient (Wildman–Crippen LogP) is -1.22. The second-order valence-corrected chi connectivity index (χ2v) is 2.59. The largest absolute Gasteiger partial charge is 0.481 e. The summed E-state index contributed by atoms with van der Waals surface area (Å²) in [5.41, 5.74) is 4.78. The Balaban J connectivity index is 0. The van der Waals surface area contributed by atoms with Gasteiger partial charge in [0.1, 0.15) is 5.25 Å². The van der Waals surface area contributed by atoms with Crippen LogP contribution in [0, 0.1) is 0 Å². The number of carboxylic acid groups (broad SMARTS) is 2. The molecule has 6 nitrogen and oxygen atoms in total. The van der Waals surface area contributed by atoms with E-state index in [1.54, 1.807) is 0 Å². The van der Waals surface area contributed by atoms with E-state index in [0.717, 1.165) is 0 Å². The highest BCUT2D eigenvalue weighted by molar-refractivity contribution is 7.81. The van der Waals surface area contributed by atoms with Crippen molar-refractivity contribution in [3.8, 4) is 0 Å². The van der Waals surface area contributed by atoms with E-state index < -0.39 is 23.6 Å². The van der Waals surface area contributed by atoms with E-state index in [0.29, 0.717) is 6.54 Å². The molecule has 0 aromatic rings. The molecule has 0 aromatic carbocycles. The summed E-state index contributed by atoms with van der Waals surface area (Å²) >= 11 is 3.48. The van der Waals surface area contributed by atoms with Gasteiger partial charge in [-0.15, -0.1) is 0 Å². The number of rotatable bonds is 4. The van der Waals surface area contributed by atoms with Crippen molar-refractivity contribution >= 4 is 24.6 Å². The lowest BCUT2D eigenvalue weighted by atomic mass is 10.3. The van der Waals surface area contributed by atoms with E-state index in [4.69, 9.17) is 21.1 Å². The highest BCUT2D eigenvalue weighted by Crippen LogP contribution is 1.99. The zero-order valence-corrected chi connectivity index (χ0v) is 7.78.